The van der Waals surface area contributed by atoms with Gasteiger partial charge in [-0.05, 0) is 44.7 Å². The summed E-state index contributed by atoms with van der Waals surface area (Å²) in [5, 5.41) is 4.15. The van der Waals surface area contributed by atoms with Crippen LogP contribution >= 0.6 is 11.6 Å². The van der Waals surface area contributed by atoms with Crippen LogP contribution in [0.15, 0.2) is 18.2 Å². The molecular weight excluding hydrogens is 258 g/mol. The van der Waals surface area contributed by atoms with Crippen molar-refractivity contribution >= 4 is 11.6 Å². The predicted octanol–water partition coefficient (Wildman–Crippen LogP) is 4.55. The summed E-state index contributed by atoms with van der Waals surface area (Å²) >= 11 is 6.31. The van der Waals surface area contributed by atoms with Crippen LogP contribution in [0, 0.1) is 0 Å². The highest BCUT2D eigenvalue weighted by atomic mass is 35.5. The lowest BCUT2D eigenvalue weighted by molar-refractivity contribution is 0.153. The topological polar surface area (TPSA) is 21.3 Å². The van der Waals surface area contributed by atoms with Crippen LogP contribution in [0.25, 0.3) is 0 Å². The van der Waals surface area contributed by atoms with E-state index in [0.29, 0.717) is 6.10 Å². The minimum Gasteiger partial charge on any atom is -0.489 e. The maximum absolute atomic E-state index is 6.31. The van der Waals surface area contributed by atoms with Gasteiger partial charge < -0.3 is 10.1 Å². The molecular formula is C16H24ClNO. The van der Waals surface area contributed by atoms with Crippen LogP contribution in [0.3, 0.4) is 0 Å². The second-order valence-electron chi connectivity index (χ2n) is 5.28. The lowest BCUT2D eigenvalue weighted by Crippen LogP contribution is -2.21. The summed E-state index contributed by atoms with van der Waals surface area (Å²) in [5.74, 6) is 0.889. The molecule has 0 heterocycles. The fourth-order valence-electron chi connectivity index (χ4n) is 2.57. The lowest BCUT2D eigenvalue weighted by atomic mass is 9.97. The number of nitrogens with one attached hydrogen (secondary N) is 1. The number of halogens is 1. The molecule has 1 aliphatic rings. The molecule has 0 aromatic heterocycles. The summed E-state index contributed by atoms with van der Waals surface area (Å²) in [5.41, 5.74) is 1.17. The molecule has 0 aliphatic heterocycles. The van der Waals surface area contributed by atoms with E-state index in [1.807, 2.05) is 12.1 Å². The summed E-state index contributed by atoms with van der Waals surface area (Å²) in [6, 6.07) is 6.02. The van der Waals surface area contributed by atoms with Crippen LogP contribution in [0.5, 0.6) is 5.75 Å². The van der Waals surface area contributed by atoms with Crippen molar-refractivity contribution in [2.24, 2.45) is 0 Å². The zero-order chi connectivity index (χ0) is 13.5. The molecule has 0 bridgehead atoms. The molecule has 1 aromatic rings. The lowest BCUT2D eigenvalue weighted by Gasteiger charge is -2.25. The number of hydrogen-bond donors (Lipinski definition) is 1. The monoisotopic (exact) mass is 281 g/mol. The van der Waals surface area contributed by atoms with Crippen LogP contribution < -0.4 is 10.1 Å². The summed E-state index contributed by atoms with van der Waals surface area (Å²) in [6.07, 6.45) is 7.70. The molecule has 0 amide bonds. The number of rotatable bonds is 6. The first kappa shape index (κ1) is 14.7. The minimum atomic E-state index is 0.346. The number of para-hydroxylation sites is 1. The molecule has 3 heteroatoms. The Morgan fingerprint density at radius 1 is 1.26 bits per heavy atom. The summed E-state index contributed by atoms with van der Waals surface area (Å²) in [4.78, 5) is 0. The molecule has 0 atom stereocenters. The first-order valence-corrected chi connectivity index (χ1v) is 7.84. The average Bonchev–Trinajstić information content (AvgIpc) is 2.44. The Labute approximate surface area is 121 Å². The Morgan fingerprint density at radius 2 is 2.05 bits per heavy atom. The minimum absolute atomic E-state index is 0.346. The molecule has 1 aliphatic carbocycles. The number of hydrogen-bond acceptors (Lipinski definition) is 2. The maximum atomic E-state index is 6.31. The standard InChI is InChI=1S/C16H24ClNO/c1-2-11-18-12-13-7-6-10-15(17)16(13)19-14-8-4-3-5-9-14/h6-7,10,14,18H,2-5,8-9,11-12H2,1H3. The first-order chi connectivity index (χ1) is 9.31. The van der Waals surface area contributed by atoms with Gasteiger partial charge in [0.1, 0.15) is 5.75 Å². The van der Waals surface area contributed by atoms with E-state index in [9.17, 15) is 0 Å². The van der Waals surface area contributed by atoms with Gasteiger partial charge in [-0.2, -0.15) is 0 Å². The molecule has 0 spiro atoms. The Morgan fingerprint density at radius 3 is 2.79 bits per heavy atom. The van der Waals surface area contributed by atoms with Crippen LogP contribution in [0.4, 0.5) is 0 Å². The summed E-state index contributed by atoms with van der Waals surface area (Å²) < 4.78 is 6.18. The quantitative estimate of drug-likeness (QED) is 0.772. The van der Waals surface area contributed by atoms with E-state index in [4.69, 9.17) is 16.3 Å². The third kappa shape index (κ3) is 4.39. The van der Waals surface area contributed by atoms with Gasteiger partial charge in [0, 0.05) is 12.1 Å². The summed E-state index contributed by atoms with van der Waals surface area (Å²) in [7, 11) is 0. The van der Waals surface area contributed by atoms with Gasteiger partial charge >= 0.3 is 0 Å². The third-order valence-electron chi connectivity index (χ3n) is 3.63. The molecule has 106 valence electrons. The molecule has 0 radical (unpaired) electrons. The van der Waals surface area contributed by atoms with Crippen LogP contribution in [0.1, 0.15) is 51.0 Å². The van der Waals surface area contributed by atoms with Crippen molar-refractivity contribution in [2.75, 3.05) is 6.54 Å². The van der Waals surface area contributed by atoms with E-state index in [0.717, 1.165) is 43.1 Å². The highest BCUT2D eigenvalue weighted by Gasteiger charge is 2.18. The maximum Gasteiger partial charge on any atom is 0.142 e. The smallest absolute Gasteiger partial charge is 0.142 e. The van der Waals surface area contributed by atoms with E-state index in [2.05, 4.69) is 18.3 Å². The molecule has 2 nitrogen and oxygen atoms in total. The van der Waals surface area contributed by atoms with E-state index >= 15 is 0 Å². The van der Waals surface area contributed by atoms with Gasteiger partial charge in [0.15, 0.2) is 0 Å². The highest BCUT2D eigenvalue weighted by molar-refractivity contribution is 6.32. The fourth-order valence-corrected chi connectivity index (χ4v) is 2.81. The predicted molar refractivity (Wildman–Crippen MR) is 81.0 cm³/mol. The van der Waals surface area contributed by atoms with Gasteiger partial charge in [0.05, 0.1) is 11.1 Å². The van der Waals surface area contributed by atoms with Crippen LogP contribution in [-0.2, 0) is 6.54 Å². The molecule has 19 heavy (non-hydrogen) atoms. The Balaban J connectivity index is 2.03. The normalized spacial score (nSPS) is 16.5. The molecule has 1 saturated carbocycles. The second kappa shape index (κ2) is 7.76. The first-order valence-electron chi connectivity index (χ1n) is 7.46. The Hall–Kier alpha value is -0.730. The van der Waals surface area contributed by atoms with Gasteiger partial charge in [-0.3, -0.25) is 0 Å². The van der Waals surface area contributed by atoms with E-state index in [1.165, 1.54) is 24.8 Å². The van der Waals surface area contributed by atoms with Gasteiger partial charge in [0.25, 0.3) is 0 Å². The fraction of sp³-hybridized carbons (Fsp3) is 0.625. The molecule has 2 rings (SSSR count). The zero-order valence-electron chi connectivity index (χ0n) is 11.8. The van der Waals surface area contributed by atoms with Gasteiger partial charge in [-0.25, -0.2) is 0 Å². The zero-order valence-corrected chi connectivity index (χ0v) is 12.5. The van der Waals surface area contributed by atoms with Crippen molar-refractivity contribution in [3.63, 3.8) is 0 Å². The third-order valence-corrected chi connectivity index (χ3v) is 3.93. The van der Waals surface area contributed by atoms with Gasteiger partial charge in [-0.15, -0.1) is 0 Å². The van der Waals surface area contributed by atoms with Crippen LogP contribution in [0.2, 0.25) is 5.02 Å². The number of benzene rings is 1. The molecule has 1 N–H and O–H groups in total. The van der Waals surface area contributed by atoms with E-state index in [1.54, 1.807) is 0 Å². The van der Waals surface area contributed by atoms with Crippen molar-refractivity contribution in [3.05, 3.63) is 28.8 Å². The Bertz CT molecular complexity index is 388. The summed E-state index contributed by atoms with van der Waals surface area (Å²) in [6.45, 7) is 4.02. The van der Waals surface area contributed by atoms with Crippen molar-refractivity contribution < 1.29 is 4.74 Å². The average molecular weight is 282 g/mol. The van der Waals surface area contributed by atoms with Gasteiger partial charge in [0.2, 0.25) is 0 Å². The van der Waals surface area contributed by atoms with Crippen molar-refractivity contribution in [3.8, 4) is 5.75 Å². The van der Waals surface area contributed by atoms with Crippen molar-refractivity contribution in [1.29, 1.82) is 0 Å². The largest absolute Gasteiger partial charge is 0.489 e. The second-order valence-corrected chi connectivity index (χ2v) is 5.69. The van der Waals surface area contributed by atoms with Crippen LogP contribution in [-0.4, -0.2) is 12.6 Å². The van der Waals surface area contributed by atoms with Gasteiger partial charge in [-0.1, -0.05) is 37.1 Å². The highest BCUT2D eigenvalue weighted by Crippen LogP contribution is 2.32. The Kier molecular flexibility index (Phi) is 5.99. The molecule has 1 fully saturated rings. The van der Waals surface area contributed by atoms with Crippen molar-refractivity contribution in [2.45, 2.75) is 58.1 Å². The van der Waals surface area contributed by atoms with E-state index in [-0.39, 0.29) is 0 Å². The number of ether oxygens (including phenoxy) is 1. The SMILES string of the molecule is CCCNCc1cccc(Cl)c1OC1CCCCC1. The van der Waals surface area contributed by atoms with Crippen molar-refractivity contribution in [1.82, 2.24) is 5.32 Å². The molecule has 0 saturated heterocycles. The van der Waals surface area contributed by atoms with E-state index < -0.39 is 0 Å². The molecule has 1 aromatic carbocycles. The molecule has 0 unspecified atom stereocenters.